The maximum atomic E-state index is 12.4. The number of amides is 1. The number of hydrogen-bond donors (Lipinski definition) is 2. The van der Waals surface area contributed by atoms with Crippen LogP contribution in [0.4, 0.5) is 5.69 Å². The van der Waals surface area contributed by atoms with Crippen LogP contribution in [-0.4, -0.2) is 31.2 Å². The zero-order valence-corrected chi connectivity index (χ0v) is 14.5. The van der Waals surface area contributed by atoms with E-state index in [2.05, 4.69) is 5.32 Å². The van der Waals surface area contributed by atoms with Gasteiger partial charge in [0, 0.05) is 0 Å². The minimum Gasteiger partial charge on any atom is -0.493 e. The molecule has 1 amide bonds. The Labute approximate surface area is 146 Å². The summed E-state index contributed by atoms with van der Waals surface area (Å²) in [5.41, 5.74) is 2.30. The number of aryl methyl sites for hydroxylation is 1. The van der Waals surface area contributed by atoms with Crippen molar-refractivity contribution in [1.82, 2.24) is 0 Å². The highest BCUT2D eigenvalue weighted by atomic mass is 16.5. The standard InChI is InChI=1S/C19H21NO5/c1-4-12-7-5-6-8-13(12)11-17(21)20-15-9-14(19(22)23)10-16(24-2)18(15)25-3/h5-10H,4,11H2,1-3H3,(H,20,21)(H,22,23). The zero-order valence-electron chi connectivity index (χ0n) is 14.5. The molecule has 0 aliphatic heterocycles. The number of carbonyl (C=O) groups excluding carboxylic acids is 1. The van der Waals surface area contributed by atoms with E-state index in [1.165, 1.54) is 26.4 Å². The fraction of sp³-hybridized carbons (Fsp3) is 0.263. The van der Waals surface area contributed by atoms with Crippen molar-refractivity contribution in [3.63, 3.8) is 0 Å². The summed E-state index contributed by atoms with van der Waals surface area (Å²) in [6.07, 6.45) is 1.02. The van der Waals surface area contributed by atoms with Gasteiger partial charge in [0.15, 0.2) is 11.5 Å². The van der Waals surface area contributed by atoms with E-state index in [-0.39, 0.29) is 35.1 Å². The molecule has 0 fully saturated rings. The Morgan fingerprint density at radius 3 is 2.32 bits per heavy atom. The molecule has 0 heterocycles. The van der Waals surface area contributed by atoms with Crippen molar-refractivity contribution < 1.29 is 24.2 Å². The van der Waals surface area contributed by atoms with E-state index >= 15 is 0 Å². The molecule has 0 spiro atoms. The summed E-state index contributed by atoms with van der Waals surface area (Å²) in [5.74, 6) is -0.854. The van der Waals surface area contributed by atoms with Gasteiger partial charge in [0.1, 0.15) is 0 Å². The van der Waals surface area contributed by atoms with Crippen molar-refractivity contribution in [2.45, 2.75) is 19.8 Å². The van der Waals surface area contributed by atoms with Gasteiger partial charge in [-0.1, -0.05) is 31.2 Å². The molecule has 0 saturated carbocycles. The van der Waals surface area contributed by atoms with Gasteiger partial charge in [0.25, 0.3) is 0 Å². The summed E-state index contributed by atoms with van der Waals surface area (Å²) >= 11 is 0. The molecule has 25 heavy (non-hydrogen) atoms. The van der Waals surface area contributed by atoms with Crippen molar-refractivity contribution in [2.75, 3.05) is 19.5 Å². The predicted octanol–water partition coefficient (Wildman–Crippen LogP) is 3.15. The first-order valence-electron chi connectivity index (χ1n) is 7.86. The smallest absolute Gasteiger partial charge is 0.335 e. The molecule has 6 heteroatoms. The first kappa shape index (κ1) is 18.3. The van der Waals surface area contributed by atoms with Crippen LogP contribution in [-0.2, 0) is 17.6 Å². The second-order valence-electron chi connectivity index (χ2n) is 5.41. The fourth-order valence-corrected chi connectivity index (χ4v) is 2.62. The lowest BCUT2D eigenvalue weighted by molar-refractivity contribution is -0.115. The fourth-order valence-electron chi connectivity index (χ4n) is 2.62. The van der Waals surface area contributed by atoms with E-state index < -0.39 is 5.97 Å². The van der Waals surface area contributed by atoms with Gasteiger partial charge in [-0.3, -0.25) is 4.79 Å². The Balaban J connectivity index is 2.30. The zero-order chi connectivity index (χ0) is 18.4. The van der Waals surface area contributed by atoms with E-state index in [0.29, 0.717) is 0 Å². The maximum absolute atomic E-state index is 12.4. The molecule has 0 saturated heterocycles. The number of hydrogen-bond acceptors (Lipinski definition) is 4. The summed E-state index contributed by atoms with van der Waals surface area (Å²) in [6, 6.07) is 10.4. The molecule has 0 aromatic heterocycles. The van der Waals surface area contributed by atoms with Gasteiger partial charge in [-0.25, -0.2) is 4.79 Å². The van der Waals surface area contributed by atoms with Gasteiger partial charge < -0.3 is 19.9 Å². The molecule has 0 aliphatic rings. The monoisotopic (exact) mass is 343 g/mol. The number of ether oxygens (including phenoxy) is 2. The highest BCUT2D eigenvalue weighted by molar-refractivity contribution is 5.97. The van der Waals surface area contributed by atoms with Gasteiger partial charge in [0.05, 0.1) is 31.9 Å². The Morgan fingerprint density at radius 1 is 1.08 bits per heavy atom. The molecule has 2 aromatic rings. The average Bonchev–Trinajstić information content (AvgIpc) is 2.61. The number of methoxy groups -OCH3 is 2. The van der Waals surface area contributed by atoms with Crippen LogP contribution < -0.4 is 14.8 Å². The molecule has 0 unspecified atom stereocenters. The Bertz CT molecular complexity index is 785. The van der Waals surface area contributed by atoms with Crippen LogP contribution in [0, 0.1) is 0 Å². The average molecular weight is 343 g/mol. The number of carboxylic acids is 1. The summed E-state index contributed by atoms with van der Waals surface area (Å²) in [6.45, 7) is 2.03. The maximum Gasteiger partial charge on any atom is 0.335 e. The first-order valence-corrected chi connectivity index (χ1v) is 7.86. The molecule has 0 aliphatic carbocycles. The van der Waals surface area contributed by atoms with Crippen LogP contribution in [0.3, 0.4) is 0 Å². The van der Waals surface area contributed by atoms with Crippen LogP contribution in [0.25, 0.3) is 0 Å². The van der Waals surface area contributed by atoms with Crippen LogP contribution >= 0.6 is 0 Å². The van der Waals surface area contributed by atoms with Gasteiger partial charge >= 0.3 is 5.97 Å². The normalized spacial score (nSPS) is 10.2. The van der Waals surface area contributed by atoms with Crippen molar-refractivity contribution in [1.29, 1.82) is 0 Å². The van der Waals surface area contributed by atoms with Gasteiger partial charge in [-0.05, 0) is 29.7 Å². The van der Waals surface area contributed by atoms with Crippen LogP contribution in [0.15, 0.2) is 36.4 Å². The highest BCUT2D eigenvalue weighted by Crippen LogP contribution is 2.36. The SMILES string of the molecule is CCc1ccccc1CC(=O)Nc1cc(C(=O)O)cc(OC)c1OC. The first-order chi connectivity index (χ1) is 12.0. The summed E-state index contributed by atoms with van der Waals surface area (Å²) in [5, 5.41) is 11.9. The number of carboxylic acid groups (broad SMARTS) is 1. The topological polar surface area (TPSA) is 84.9 Å². The summed E-state index contributed by atoms with van der Waals surface area (Å²) in [7, 11) is 2.84. The van der Waals surface area contributed by atoms with E-state index in [4.69, 9.17) is 9.47 Å². The number of carbonyl (C=O) groups is 2. The largest absolute Gasteiger partial charge is 0.493 e. The van der Waals surface area contributed by atoms with Crippen molar-refractivity contribution >= 4 is 17.6 Å². The molecule has 2 rings (SSSR count). The third kappa shape index (κ3) is 4.29. The molecule has 2 N–H and O–H groups in total. The molecular weight excluding hydrogens is 322 g/mol. The Hall–Kier alpha value is -3.02. The lowest BCUT2D eigenvalue weighted by Gasteiger charge is -2.15. The molecule has 132 valence electrons. The molecule has 0 atom stereocenters. The lowest BCUT2D eigenvalue weighted by atomic mass is 10.0. The van der Waals surface area contributed by atoms with E-state index in [1.54, 1.807) is 0 Å². The quantitative estimate of drug-likeness (QED) is 0.807. The summed E-state index contributed by atoms with van der Waals surface area (Å²) < 4.78 is 10.4. The minimum atomic E-state index is -1.12. The third-order valence-corrected chi connectivity index (χ3v) is 3.85. The van der Waals surface area contributed by atoms with Gasteiger partial charge in [0.2, 0.25) is 5.91 Å². The second-order valence-corrected chi connectivity index (χ2v) is 5.41. The van der Waals surface area contributed by atoms with E-state index in [1.807, 2.05) is 31.2 Å². The predicted molar refractivity (Wildman–Crippen MR) is 94.7 cm³/mol. The second kappa shape index (κ2) is 8.19. The Kier molecular flexibility index (Phi) is 6.00. The van der Waals surface area contributed by atoms with Crippen molar-refractivity contribution in [3.05, 3.63) is 53.1 Å². The van der Waals surface area contributed by atoms with Crippen LogP contribution in [0.1, 0.15) is 28.4 Å². The number of benzene rings is 2. The van der Waals surface area contributed by atoms with Gasteiger partial charge in [-0.2, -0.15) is 0 Å². The third-order valence-electron chi connectivity index (χ3n) is 3.85. The number of rotatable bonds is 7. The Morgan fingerprint density at radius 2 is 1.76 bits per heavy atom. The van der Waals surface area contributed by atoms with Crippen molar-refractivity contribution in [2.24, 2.45) is 0 Å². The van der Waals surface area contributed by atoms with Gasteiger partial charge in [-0.15, -0.1) is 0 Å². The van der Waals surface area contributed by atoms with E-state index in [9.17, 15) is 14.7 Å². The number of anilines is 1. The molecular formula is C19H21NO5. The number of nitrogens with one attached hydrogen (secondary N) is 1. The molecule has 2 aromatic carbocycles. The molecule has 6 nitrogen and oxygen atoms in total. The van der Waals surface area contributed by atoms with Crippen LogP contribution in [0.2, 0.25) is 0 Å². The highest BCUT2D eigenvalue weighted by Gasteiger charge is 2.18. The lowest BCUT2D eigenvalue weighted by Crippen LogP contribution is -2.16. The number of aromatic carboxylic acids is 1. The van der Waals surface area contributed by atoms with Crippen LogP contribution in [0.5, 0.6) is 11.5 Å². The minimum absolute atomic E-state index is 0.00177. The van der Waals surface area contributed by atoms with E-state index in [0.717, 1.165) is 17.5 Å². The summed E-state index contributed by atoms with van der Waals surface area (Å²) in [4.78, 5) is 23.7. The molecule has 0 radical (unpaired) electrons. The van der Waals surface area contributed by atoms with Crippen molar-refractivity contribution in [3.8, 4) is 11.5 Å². The molecule has 0 bridgehead atoms.